The van der Waals surface area contributed by atoms with Gasteiger partial charge in [-0.05, 0) is 75.3 Å². The quantitative estimate of drug-likeness (QED) is 0.716. The highest BCUT2D eigenvalue weighted by molar-refractivity contribution is 7.80. The van der Waals surface area contributed by atoms with Crippen LogP contribution in [0.25, 0.3) is 0 Å². The standard InChI is InChI=1S/C20H26N2O2S/c1-5-23-19-9-7-6-8-18(19)22-20(25)21-16(4)13-24-17-11-10-14(2)15(3)12-17/h6-12,16H,5,13H2,1-4H3,(H2,21,22,25)/t16-/m1/s1. The third-order valence-electron chi connectivity index (χ3n) is 3.79. The second-order valence-corrected chi connectivity index (χ2v) is 6.39. The Morgan fingerprint density at radius 3 is 2.56 bits per heavy atom. The largest absolute Gasteiger partial charge is 0.492 e. The van der Waals surface area contributed by atoms with E-state index in [1.165, 1.54) is 11.1 Å². The number of anilines is 1. The molecule has 0 aliphatic heterocycles. The topological polar surface area (TPSA) is 42.5 Å². The van der Waals surface area contributed by atoms with Crippen LogP contribution >= 0.6 is 12.2 Å². The predicted molar refractivity (Wildman–Crippen MR) is 108 cm³/mol. The van der Waals surface area contributed by atoms with Crippen molar-refractivity contribution in [1.29, 1.82) is 0 Å². The van der Waals surface area contributed by atoms with Gasteiger partial charge in [-0.25, -0.2) is 0 Å². The summed E-state index contributed by atoms with van der Waals surface area (Å²) in [5.74, 6) is 1.66. The van der Waals surface area contributed by atoms with Gasteiger partial charge in [-0.15, -0.1) is 0 Å². The average Bonchev–Trinajstić information content (AvgIpc) is 2.58. The maximum absolute atomic E-state index is 5.84. The van der Waals surface area contributed by atoms with Crippen molar-refractivity contribution in [3.05, 3.63) is 53.6 Å². The minimum atomic E-state index is 0.0702. The molecule has 2 N–H and O–H groups in total. The van der Waals surface area contributed by atoms with E-state index in [1.54, 1.807) is 0 Å². The van der Waals surface area contributed by atoms with E-state index in [0.29, 0.717) is 18.3 Å². The molecular formula is C20H26N2O2S. The summed E-state index contributed by atoms with van der Waals surface area (Å²) in [7, 11) is 0. The van der Waals surface area contributed by atoms with Gasteiger partial charge in [0, 0.05) is 0 Å². The van der Waals surface area contributed by atoms with E-state index < -0.39 is 0 Å². The molecule has 0 heterocycles. The number of ether oxygens (including phenoxy) is 2. The molecule has 134 valence electrons. The van der Waals surface area contributed by atoms with Gasteiger partial charge in [0.25, 0.3) is 0 Å². The third-order valence-corrected chi connectivity index (χ3v) is 4.01. The van der Waals surface area contributed by atoms with Crippen molar-refractivity contribution >= 4 is 23.0 Å². The molecule has 0 amide bonds. The van der Waals surface area contributed by atoms with E-state index in [4.69, 9.17) is 21.7 Å². The van der Waals surface area contributed by atoms with Crippen LogP contribution in [-0.2, 0) is 0 Å². The van der Waals surface area contributed by atoms with Crippen molar-refractivity contribution in [3.63, 3.8) is 0 Å². The lowest BCUT2D eigenvalue weighted by Gasteiger charge is -2.19. The second kappa shape index (κ2) is 9.28. The zero-order valence-corrected chi connectivity index (χ0v) is 16.1. The fourth-order valence-electron chi connectivity index (χ4n) is 2.30. The molecule has 2 rings (SSSR count). The Morgan fingerprint density at radius 1 is 1.08 bits per heavy atom. The Bertz CT molecular complexity index is 719. The van der Waals surface area contributed by atoms with Gasteiger partial charge in [-0.3, -0.25) is 0 Å². The van der Waals surface area contributed by atoms with Gasteiger partial charge in [0.15, 0.2) is 5.11 Å². The smallest absolute Gasteiger partial charge is 0.171 e. The third kappa shape index (κ3) is 5.94. The summed E-state index contributed by atoms with van der Waals surface area (Å²) in [6.45, 7) is 9.30. The van der Waals surface area contributed by atoms with Crippen molar-refractivity contribution < 1.29 is 9.47 Å². The predicted octanol–water partition coefficient (Wildman–Crippen LogP) is 4.46. The molecule has 4 nitrogen and oxygen atoms in total. The number of benzene rings is 2. The molecule has 2 aromatic carbocycles. The van der Waals surface area contributed by atoms with Crippen LogP contribution in [-0.4, -0.2) is 24.4 Å². The number of thiocarbonyl (C=S) groups is 1. The second-order valence-electron chi connectivity index (χ2n) is 5.99. The number of hydrogen-bond acceptors (Lipinski definition) is 3. The van der Waals surface area contributed by atoms with Gasteiger partial charge in [-0.2, -0.15) is 0 Å². The van der Waals surface area contributed by atoms with E-state index in [2.05, 4.69) is 36.6 Å². The van der Waals surface area contributed by atoms with Crippen LogP contribution in [0.15, 0.2) is 42.5 Å². The Hall–Kier alpha value is -2.27. The maximum atomic E-state index is 5.84. The van der Waals surface area contributed by atoms with Gasteiger partial charge >= 0.3 is 0 Å². The Kier molecular flexibility index (Phi) is 7.07. The number of para-hydroxylation sites is 2. The lowest BCUT2D eigenvalue weighted by atomic mass is 10.1. The first-order valence-corrected chi connectivity index (χ1v) is 8.89. The molecule has 0 spiro atoms. The van der Waals surface area contributed by atoms with Gasteiger partial charge in [0.2, 0.25) is 0 Å². The monoisotopic (exact) mass is 358 g/mol. The summed E-state index contributed by atoms with van der Waals surface area (Å²) in [5, 5.41) is 6.96. The van der Waals surface area contributed by atoms with Crippen molar-refractivity contribution in [2.45, 2.75) is 33.7 Å². The Morgan fingerprint density at radius 2 is 1.84 bits per heavy atom. The van der Waals surface area contributed by atoms with Crippen LogP contribution in [0, 0.1) is 13.8 Å². The van der Waals surface area contributed by atoms with E-state index in [1.807, 2.05) is 44.2 Å². The highest BCUT2D eigenvalue weighted by Crippen LogP contribution is 2.23. The molecule has 0 aromatic heterocycles. The van der Waals surface area contributed by atoms with E-state index >= 15 is 0 Å². The fraction of sp³-hybridized carbons (Fsp3) is 0.350. The fourth-order valence-corrected chi connectivity index (χ4v) is 2.61. The molecule has 0 fully saturated rings. The first-order chi connectivity index (χ1) is 12.0. The molecule has 1 atom stereocenters. The molecule has 0 unspecified atom stereocenters. The molecule has 5 heteroatoms. The Labute approximate surface area is 155 Å². The summed E-state index contributed by atoms with van der Waals surface area (Å²) in [5.41, 5.74) is 3.34. The van der Waals surface area contributed by atoms with Crippen molar-refractivity contribution in [3.8, 4) is 11.5 Å². The number of aryl methyl sites for hydroxylation is 2. The van der Waals surface area contributed by atoms with Crippen LogP contribution in [0.1, 0.15) is 25.0 Å². The number of nitrogens with one attached hydrogen (secondary N) is 2. The zero-order chi connectivity index (χ0) is 18.2. The van der Waals surface area contributed by atoms with Gasteiger partial charge in [-0.1, -0.05) is 18.2 Å². The first kappa shape index (κ1) is 19.1. The molecule has 2 aromatic rings. The summed E-state index contributed by atoms with van der Waals surface area (Å²) in [6.07, 6.45) is 0. The molecule has 0 aliphatic carbocycles. The zero-order valence-electron chi connectivity index (χ0n) is 15.3. The lowest BCUT2D eigenvalue weighted by molar-refractivity contribution is 0.286. The maximum Gasteiger partial charge on any atom is 0.171 e. The van der Waals surface area contributed by atoms with Crippen molar-refractivity contribution in [1.82, 2.24) is 5.32 Å². The van der Waals surface area contributed by atoms with Crippen LogP contribution in [0.4, 0.5) is 5.69 Å². The van der Waals surface area contributed by atoms with Crippen LogP contribution in [0.5, 0.6) is 11.5 Å². The number of hydrogen-bond donors (Lipinski definition) is 2. The molecular weight excluding hydrogens is 332 g/mol. The average molecular weight is 359 g/mol. The molecule has 0 bridgehead atoms. The minimum Gasteiger partial charge on any atom is -0.492 e. The highest BCUT2D eigenvalue weighted by atomic mass is 32.1. The molecule has 25 heavy (non-hydrogen) atoms. The molecule has 0 radical (unpaired) electrons. The van der Waals surface area contributed by atoms with Gasteiger partial charge in [0.05, 0.1) is 18.3 Å². The molecule has 0 saturated heterocycles. The highest BCUT2D eigenvalue weighted by Gasteiger charge is 2.08. The summed E-state index contributed by atoms with van der Waals surface area (Å²) in [6, 6.07) is 13.9. The Balaban J connectivity index is 1.84. The van der Waals surface area contributed by atoms with Gasteiger partial charge in [0.1, 0.15) is 18.1 Å². The molecule has 0 saturated carbocycles. The van der Waals surface area contributed by atoms with Crippen molar-refractivity contribution in [2.75, 3.05) is 18.5 Å². The minimum absolute atomic E-state index is 0.0702. The molecule has 0 aliphatic rings. The van der Waals surface area contributed by atoms with Crippen molar-refractivity contribution in [2.24, 2.45) is 0 Å². The van der Waals surface area contributed by atoms with E-state index in [9.17, 15) is 0 Å². The first-order valence-electron chi connectivity index (χ1n) is 8.49. The summed E-state index contributed by atoms with van der Waals surface area (Å²) >= 11 is 5.39. The number of rotatable bonds is 7. The SMILES string of the molecule is CCOc1ccccc1NC(=S)N[C@H](C)COc1ccc(C)c(C)c1. The van der Waals surface area contributed by atoms with E-state index in [0.717, 1.165) is 17.2 Å². The summed E-state index contributed by atoms with van der Waals surface area (Å²) < 4.78 is 11.4. The van der Waals surface area contributed by atoms with Crippen LogP contribution in [0.3, 0.4) is 0 Å². The normalized spacial score (nSPS) is 11.5. The lowest BCUT2D eigenvalue weighted by Crippen LogP contribution is -2.39. The van der Waals surface area contributed by atoms with Gasteiger partial charge < -0.3 is 20.1 Å². The van der Waals surface area contributed by atoms with Crippen LogP contribution < -0.4 is 20.1 Å². The summed E-state index contributed by atoms with van der Waals surface area (Å²) in [4.78, 5) is 0. The van der Waals surface area contributed by atoms with E-state index in [-0.39, 0.29) is 6.04 Å². The van der Waals surface area contributed by atoms with Crippen LogP contribution in [0.2, 0.25) is 0 Å².